The molecule has 1 unspecified atom stereocenters. The van der Waals surface area contributed by atoms with Gasteiger partial charge in [-0.25, -0.2) is 22.9 Å². The highest BCUT2D eigenvalue weighted by molar-refractivity contribution is 6.30. The van der Waals surface area contributed by atoms with Crippen LogP contribution in [0.4, 0.5) is 13.2 Å². The normalized spacial score (nSPS) is 18.2. The highest BCUT2D eigenvalue weighted by atomic mass is 35.5. The van der Waals surface area contributed by atoms with Crippen LogP contribution in [0.15, 0.2) is 30.5 Å². The van der Waals surface area contributed by atoms with Crippen LogP contribution < -0.4 is 0 Å². The Morgan fingerprint density at radius 2 is 1.65 bits per heavy atom. The molecule has 0 bridgehead atoms. The van der Waals surface area contributed by atoms with Crippen LogP contribution in [0.1, 0.15) is 38.8 Å². The Morgan fingerprint density at radius 3 is 2.06 bits per heavy atom. The number of halogens is 4. The second-order valence-corrected chi connectivity index (χ2v) is 7.24. The quantitative estimate of drug-likeness (QED) is 0.523. The first-order valence-electron chi connectivity index (χ1n) is 9.75. The first-order valence-corrected chi connectivity index (χ1v) is 10.1. The van der Waals surface area contributed by atoms with Gasteiger partial charge in [-0.05, 0) is 31.8 Å². The van der Waals surface area contributed by atoms with E-state index >= 15 is 0 Å². The van der Waals surface area contributed by atoms with E-state index in [1.807, 2.05) is 0 Å². The molecule has 2 aromatic rings. The number of carbonyl (C=O) groups excluding carboxylic acids is 1. The summed E-state index contributed by atoms with van der Waals surface area (Å²) >= 11 is 5.69. The Labute approximate surface area is 184 Å². The lowest BCUT2D eigenvalue weighted by molar-refractivity contribution is -0.169. The molecule has 0 amide bonds. The van der Waals surface area contributed by atoms with Crippen LogP contribution in [0.2, 0.25) is 5.15 Å². The smallest absolute Gasteiger partial charge is 0.342 e. The van der Waals surface area contributed by atoms with Gasteiger partial charge in [-0.3, -0.25) is 0 Å². The van der Waals surface area contributed by atoms with E-state index in [0.717, 1.165) is 6.92 Å². The Bertz CT molecular complexity index is 946. The van der Waals surface area contributed by atoms with Gasteiger partial charge in [0.25, 0.3) is 0 Å². The van der Waals surface area contributed by atoms with Crippen LogP contribution in [0.3, 0.4) is 0 Å². The van der Waals surface area contributed by atoms with Crippen molar-refractivity contribution >= 4 is 28.7 Å². The van der Waals surface area contributed by atoms with Gasteiger partial charge in [-0.15, -0.1) is 0 Å². The molecule has 0 radical (unpaired) electrons. The summed E-state index contributed by atoms with van der Waals surface area (Å²) in [7, 11) is 0. The first kappa shape index (κ1) is 24.8. The zero-order valence-corrected chi connectivity index (χ0v) is 18.4. The van der Waals surface area contributed by atoms with Crippen LogP contribution in [0.25, 0.3) is 11.1 Å². The van der Waals surface area contributed by atoms with Crippen LogP contribution in [-0.2, 0) is 9.53 Å². The number of hydrogen-bond donors (Lipinski definition) is 1. The van der Waals surface area contributed by atoms with E-state index in [0.29, 0.717) is 12.1 Å². The zero-order valence-electron chi connectivity index (χ0n) is 17.7. The minimum atomic E-state index is -2.14. The second kappa shape index (κ2) is 10.3. The number of hydrogen-bond acceptors (Lipinski definition) is 5. The van der Waals surface area contributed by atoms with E-state index < -0.39 is 40.3 Å². The molecular formula is C22H24ClF3N2O3. The molecule has 9 heteroatoms. The molecule has 0 aliphatic carbocycles. The van der Waals surface area contributed by atoms with Crippen molar-refractivity contribution in [3.63, 3.8) is 0 Å². The largest absolute Gasteiger partial charge is 0.425 e. The fourth-order valence-electron chi connectivity index (χ4n) is 3.23. The summed E-state index contributed by atoms with van der Waals surface area (Å²) in [6, 6.07) is 3.64. The standard InChI is InChI=1S/C16H9ClF3NO3.C6H15N/c1-16(23)14(7-2-3-11(17)21-6-7)13(15(22)24-16)12-9(19)4-8(18)5-10(12)20;1-4-7(5-2)6-3/h2-6,23H,1H3;4-6H2,1-3H3. The second-order valence-electron chi connectivity index (χ2n) is 6.86. The van der Waals surface area contributed by atoms with Gasteiger partial charge in [0.2, 0.25) is 5.79 Å². The molecule has 1 aromatic carbocycles. The number of ether oxygens (including phenoxy) is 1. The molecule has 1 aliphatic rings. The van der Waals surface area contributed by atoms with E-state index in [1.54, 1.807) is 0 Å². The van der Waals surface area contributed by atoms with E-state index in [9.17, 15) is 23.1 Å². The first-order chi connectivity index (χ1) is 14.5. The monoisotopic (exact) mass is 456 g/mol. The Hall–Kier alpha value is -2.42. The number of rotatable bonds is 5. The number of pyridine rings is 1. The predicted octanol–water partition coefficient (Wildman–Crippen LogP) is 4.68. The number of aliphatic hydroxyl groups is 1. The SMILES string of the molecule is CC1(O)OC(=O)C(c2c(F)cc(F)cc2F)=C1c1ccc(Cl)nc1.CCN(CC)CC. The summed E-state index contributed by atoms with van der Waals surface area (Å²) in [5.41, 5.74) is -1.35. The topological polar surface area (TPSA) is 62.7 Å². The van der Waals surface area contributed by atoms with Gasteiger partial charge < -0.3 is 14.7 Å². The van der Waals surface area contributed by atoms with Gasteiger partial charge >= 0.3 is 5.97 Å². The molecule has 0 saturated heterocycles. The van der Waals surface area contributed by atoms with Crippen molar-refractivity contribution in [2.24, 2.45) is 0 Å². The maximum absolute atomic E-state index is 14.1. The number of nitrogens with zero attached hydrogens (tertiary/aromatic N) is 2. The third kappa shape index (κ3) is 5.64. The number of esters is 1. The number of aromatic nitrogens is 1. The molecule has 3 rings (SSSR count). The lowest BCUT2D eigenvalue weighted by Crippen LogP contribution is -2.26. The van der Waals surface area contributed by atoms with Gasteiger partial charge in [-0.2, -0.15) is 0 Å². The molecule has 5 nitrogen and oxygen atoms in total. The molecule has 0 saturated carbocycles. The molecule has 31 heavy (non-hydrogen) atoms. The van der Waals surface area contributed by atoms with Crippen molar-refractivity contribution in [2.45, 2.75) is 33.5 Å². The van der Waals surface area contributed by atoms with Gasteiger partial charge in [0.1, 0.15) is 22.6 Å². The lowest BCUT2D eigenvalue weighted by Gasteiger charge is -2.19. The van der Waals surface area contributed by atoms with E-state index in [1.165, 1.54) is 38.0 Å². The van der Waals surface area contributed by atoms with Gasteiger partial charge in [0.05, 0.1) is 11.1 Å². The Balaban J connectivity index is 0.000000423. The van der Waals surface area contributed by atoms with Crippen molar-refractivity contribution in [1.29, 1.82) is 0 Å². The highest BCUT2D eigenvalue weighted by Crippen LogP contribution is 2.43. The van der Waals surface area contributed by atoms with E-state index in [4.69, 9.17) is 16.3 Å². The Kier molecular flexibility index (Phi) is 8.22. The molecule has 168 valence electrons. The van der Waals surface area contributed by atoms with Crippen LogP contribution in [0.5, 0.6) is 0 Å². The van der Waals surface area contributed by atoms with E-state index in [-0.39, 0.29) is 16.3 Å². The molecule has 0 spiro atoms. The molecular weight excluding hydrogens is 433 g/mol. The fourth-order valence-corrected chi connectivity index (χ4v) is 3.34. The highest BCUT2D eigenvalue weighted by Gasteiger charge is 2.45. The summed E-state index contributed by atoms with van der Waals surface area (Å²) < 4.78 is 46.1. The van der Waals surface area contributed by atoms with Gasteiger partial charge in [0.15, 0.2) is 0 Å². The van der Waals surface area contributed by atoms with Crippen molar-refractivity contribution in [3.8, 4) is 0 Å². The van der Waals surface area contributed by atoms with Crippen molar-refractivity contribution in [2.75, 3.05) is 19.6 Å². The molecule has 2 heterocycles. The zero-order chi connectivity index (χ0) is 23.3. The van der Waals surface area contributed by atoms with Gasteiger partial charge in [-0.1, -0.05) is 32.4 Å². The average molecular weight is 457 g/mol. The summed E-state index contributed by atoms with van der Waals surface area (Å²) in [5.74, 6) is -7.01. The third-order valence-corrected chi connectivity index (χ3v) is 5.05. The molecule has 0 fully saturated rings. The average Bonchev–Trinajstić information content (AvgIpc) is 2.92. The molecule has 1 atom stereocenters. The van der Waals surface area contributed by atoms with Crippen LogP contribution >= 0.6 is 11.6 Å². The summed E-state index contributed by atoms with van der Waals surface area (Å²) in [5, 5.41) is 10.5. The summed E-state index contributed by atoms with van der Waals surface area (Å²) in [6.45, 7) is 11.3. The maximum Gasteiger partial charge on any atom is 0.342 e. The number of benzene rings is 1. The number of cyclic esters (lactones) is 1. The van der Waals surface area contributed by atoms with Crippen molar-refractivity contribution in [1.82, 2.24) is 9.88 Å². The van der Waals surface area contributed by atoms with Gasteiger partial charge in [0, 0.05) is 36.4 Å². The van der Waals surface area contributed by atoms with Crippen molar-refractivity contribution in [3.05, 3.63) is 64.2 Å². The van der Waals surface area contributed by atoms with Crippen LogP contribution in [0, 0.1) is 17.5 Å². The summed E-state index contributed by atoms with van der Waals surface area (Å²) in [6.07, 6.45) is 1.22. The lowest BCUT2D eigenvalue weighted by atomic mass is 9.92. The minimum Gasteiger partial charge on any atom is -0.425 e. The third-order valence-electron chi connectivity index (χ3n) is 4.82. The Morgan fingerprint density at radius 1 is 1.10 bits per heavy atom. The molecule has 1 aromatic heterocycles. The predicted molar refractivity (Wildman–Crippen MR) is 113 cm³/mol. The molecule has 1 aliphatic heterocycles. The maximum atomic E-state index is 14.1. The molecule has 1 N–H and O–H groups in total. The number of carbonyl (C=O) groups is 1. The van der Waals surface area contributed by atoms with Crippen LogP contribution in [-0.4, -0.2) is 46.4 Å². The van der Waals surface area contributed by atoms with Crippen molar-refractivity contribution < 1.29 is 27.8 Å². The summed E-state index contributed by atoms with van der Waals surface area (Å²) in [4.78, 5) is 18.3. The minimum absolute atomic E-state index is 0.143. The van der Waals surface area contributed by atoms with E-state index in [2.05, 4.69) is 30.7 Å². The fraction of sp³-hybridized carbons (Fsp3) is 0.364.